The van der Waals surface area contributed by atoms with Gasteiger partial charge < -0.3 is 10.6 Å². The number of rotatable bonds is 1. The van der Waals surface area contributed by atoms with Gasteiger partial charge in [0.1, 0.15) is 17.5 Å². The minimum absolute atomic E-state index is 0.617. The summed E-state index contributed by atoms with van der Waals surface area (Å²) in [6, 6.07) is 0. The van der Waals surface area contributed by atoms with Gasteiger partial charge in [-0.2, -0.15) is 0 Å². The first-order valence-corrected chi connectivity index (χ1v) is 6.04. The topological polar surface area (TPSA) is 55.0 Å². The third kappa shape index (κ3) is 2.26. The number of aromatic nitrogens is 2. The Balaban J connectivity index is 2.30. The summed E-state index contributed by atoms with van der Waals surface area (Å²) in [6.07, 6.45) is 5.16. The predicted molar refractivity (Wildman–Crippen MR) is 66.6 cm³/mol. The molecule has 2 N–H and O–H groups in total. The third-order valence-electron chi connectivity index (χ3n) is 3.18. The maximum atomic E-state index is 5.89. The molecule has 88 valence electrons. The van der Waals surface area contributed by atoms with E-state index < -0.39 is 0 Å². The van der Waals surface area contributed by atoms with Crippen LogP contribution in [0.5, 0.6) is 0 Å². The molecule has 1 aromatic rings. The molecular weight excluding hydrogens is 200 g/mol. The minimum atomic E-state index is 0.617. The van der Waals surface area contributed by atoms with Gasteiger partial charge in [0.15, 0.2) is 0 Å². The molecule has 0 spiro atoms. The molecule has 1 saturated heterocycles. The van der Waals surface area contributed by atoms with Gasteiger partial charge in [-0.1, -0.05) is 12.8 Å². The summed E-state index contributed by atoms with van der Waals surface area (Å²) in [4.78, 5) is 11.1. The highest BCUT2D eigenvalue weighted by molar-refractivity contribution is 5.56. The van der Waals surface area contributed by atoms with Crippen LogP contribution in [-0.4, -0.2) is 23.1 Å². The van der Waals surface area contributed by atoms with Crippen LogP contribution in [0, 0.1) is 13.8 Å². The molecule has 2 heterocycles. The zero-order valence-electron chi connectivity index (χ0n) is 10.2. The largest absolute Gasteiger partial charge is 0.383 e. The first kappa shape index (κ1) is 11.2. The summed E-state index contributed by atoms with van der Waals surface area (Å²) in [6.45, 7) is 6.10. The van der Waals surface area contributed by atoms with E-state index >= 15 is 0 Å². The van der Waals surface area contributed by atoms with Crippen molar-refractivity contribution in [3.8, 4) is 0 Å². The molecule has 0 aliphatic carbocycles. The molecule has 0 aromatic carbocycles. The van der Waals surface area contributed by atoms with Gasteiger partial charge in [-0.25, -0.2) is 9.97 Å². The summed E-state index contributed by atoms with van der Waals surface area (Å²) in [5, 5.41) is 0. The quantitative estimate of drug-likeness (QED) is 0.787. The Morgan fingerprint density at radius 1 is 1.00 bits per heavy atom. The zero-order valence-corrected chi connectivity index (χ0v) is 10.2. The van der Waals surface area contributed by atoms with E-state index in [1.54, 1.807) is 0 Å². The molecule has 0 bridgehead atoms. The van der Waals surface area contributed by atoms with Gasteiger partial charge in [0.2, 0.25) is 0 Å². The molecule has 0 saturated carbocycles. The molecule has 1 aromatic heterocycles. The van der Waals surface area contributed by atoms with E-state index in [9.17, 15) is 0 Å². The smallest absolute Gasteiger partial charge is 0.137 e. The second-order valence-electron chi connectivity index (χ2n) is 4.51. The molecule has 1 aliphatic rings. The lowest BCUT2D eigenvalue weighted by Gasteiger charge is -2.23. The first-order valence-electron chi connectivity index (χ1n) is 6.04. The van der Waals surface area contributed by atoms with Gasteiger partial charge in [-0.15, -0.1) is 0 Å². The molecule has 0 unspecified atom stereocenters. The molecular formula is C12H20N4. The van der Waals surface area contributed by atoms with Crippen molar-refractivity contribution in [2.45, 2.75) is 39.5 Å². The zero-order chi connectivity index (χ0) is 11.5. The van der Waals surface area contributed by atoms with Crippen LogP contribution >= 0.6 is 0 Å². The van der Waals surface area contributed by atoms with E-state index in [1.165, 1.54) is 25.7 Å². The van der Waals surface area contributed by atoms with Crippen LogP contribution < -0.4 is 10.6 Å². The van der Waals surface area contributed by atoms with Gasteiger partial charge in [0.05, 0.1) is 0 Å². The van der Waals surface area contributed by atoms with Crippen molar-refractivity contribution in [3.63, 3.8) is 0 Å². The van der Waals surface area contributed by atoms with E-state index in [0.29, 0.717) is 5.82 Å². The van der Waals surface area contributed by atoms with Crippen LogP contribution in [0.2, 0.25) is 0 Å². The Hall–Kier alpha value is -1.32. The highest BCUT2D eigenvalue weighted by atomic mass is 15.2. The second-order valence-corrected chi connectivity index (χ2v) is 4.51. The van der Waals surface area contributed by atoms with Gasteiger partial charge >= 0.3 is 0 Å². The highest BCUT2D eigenvalue weighted by Crippen LogP contribution is 2.24. The normalized spacial score (nSPS) is 17.2. The third-order valence-corrected chi connectivity index (χ3v) is 3.18. The Labute approximate surface area is 96.9 Å². The number of nitrogens with zero attached hydrogens (tertiary/aromatic N) is 3. The average molecular weight is 220 g/mol. The minimum Gasteiger partial charge on any atom is -0.383 e. The first-order chi connectivity index (χ1) is 7.68. The van der Waals surface area contributed by atoms with Crippen LogP contribution in [0.1, 0.15) is 37.1 Å². The molecule has 2 rings (SSSR count). The molecule has 4 heteroatoms. The van der Waals surface area contributed by atoms with Crippen molar-refractivity contribution in [1.82, 2.24) is 9.97 Å². The fourth-order valence-corrected chi connectivity index (χ4v) is 2.23. The summed E-state index contributed by atoms with van der Waals surface area (Å²) < 4.78 is 0. The fraction of sp³-hybridized carbons (Fsp3) is 0.667. The van der Waals surface area contributed by atoms with Crippen molar-refractivity contribution >= 4 is 11.6 Å². The van der Waals surface area contributed by atoms with Crippen molar-refractivity contribution in [3.05, 3.63) is 11.4 Å². The van der Waals surface area contributed by atoms with E-state index in [1.807, 2.05) is 13.8 Å². The SMILES string of the molecule is Cc1nc(N)c(C)c(N2CCCCCC2)n1. The maximum Gasteiger partial charge on any atom is 0.137 e. The molecule has 16 heavy (non-hydrogen) atoms. The monoisotopic (exact) mass is 220 g/mol. The van der Waals surface area contributed by atoms with Crippen molar-refractivity contribution < 1.29 is 0 Å². The lowest BCUT2D eigenvalue weighted by molar-refractivity contribution is 0.726. The molecule has 1 fully saturated rings. The Bertz CT molecular complexity index is 368. The molecule has 4 nitrogen and oxygen atoms in total. The number of nitrogens with two attached hydrogens (primary N) is 1. The van der Waals surface area contributed by atoms with Crippen LogP contribution in [0.4, 0.5) is 11.6 Å². The number of nitrogen functional groups attached to an aromatic ring is 1. The van der Waals surface area contributed by atoms with Gasteiger partial charge in [0.25, 0.3) is 0 Å². The highest BCUT2D eigenvalue weighted by Gasteiger charge is 2.15. The van der Waals surface area contributed by atoms with Gasteiger partial charge in [-0.3, -0.25) is 0 Å². The Morgan fingerprint density at radius 2 is 1.62 bits per heavy atom. The second kappa shape index (κ2) is 4.68. The molecule has 1 aliphatic heterocycles. The van der Waals surface area contributed by atoms with Crippen molar-refractivity contribution in [1.29, 1.82) is 0 Å². The van der Waals surface area contributed by atoms with Crippen LogP contribution in [-0.2, 0) is 0 Å². The lowest BCUT2D eigenvalue weighted by Crippen LogP contribution is -2.26. The van der Waals surface area contributed by atoms with Gasteiger partial charge in [-0.05, 0) is 26.7 Å². The van der Waals surface area contributed by atoms with Crippen molar-refractivity contribution in [2.75, 3.05) is 23.7 Å². The molecule has 0 atom stereocenters. The number of hydrogen-bond donors (Lipinski definition) is 1. The van der Waals surface area contributed by atoms with Crippen LogP contribution in [0.3, 0.4) is 0 Å². The van der Waals surface area contributed by atoms with E-state index in [0.717, 1.165) is 30.3 Å². The number of hydrogen-bond acceptors (Lipinski definition) is 4. The van der Waals surface area contributed by atoms with Crippen LogP contribution in [0.15, 0.2) is 0 Å². The van der Waals surface area contributed by atoms with E-state index in [2.05, 4.69) is 14.9 Å². The van der Waals surface area contributed by atoms with E-state index in [4.69, 9.17) is 5.73 Å². The summed E-state index contributed by atoms with van der Waals surface area (Å²) >= 11 is 0. The summed E-state index contributed by atoms with van der Waals surface area (Å²) in [7, 11) is 0. The number of aryl methyl sites for hydroxylation is 1. The van der Waals surface area contributed by atoms with Crippen molar-refractivity contribution in [2.24, 2.45) is 0 Å². The lowest BCUT2D eigenvalue weighted by atomic mass is 10.2. The molecule has 0 radical (unpaired) electrons. The van der Waals surface area contributed by atoms with Gasteiger partial charge in [0, 0.05) is 18.7 Å². The standard InChI is InChI=1S/C12H20N4/c1-9-11(13)14-10(2)15-12(9)16-7-5-3-4-6-8-16/h3-8H2,1-2H3,(H2,13,14,15). The number of anilines is 2. The van der Waals surface area contributed by atoms with E-state index in [-0.39, 0.29) is 0 Å². The molecule has 0 amide bonds. The maximum absolute atomic E-state index is 5.89. The van der Waals surface area contributed by atoms with Crippen LogP contribution in [0.25, 0.3) is 0 Å². The fourth-order valence-electron chi connectivity index (χ4n) is 2.23. The Kier molecular flexibility index (Phi) is 3.27. The average Bonchev–Trinajstić information content (AvgIpc) is 2.51. The summed E-state index contributed by atoms with van der Waals surface area (Å²) in [5.74, 6) is 2.42. The Morgan fingerprint density at radius 3 is 2.25 bits per heavy atom. The predicted octanol–water partition coefficient (Wildman–Crippen LogP) is 2.06. The summed E-state index contributed by atoms with van der Waals surface area (Å²) in [5.41, 5.74) is 6.91.